The van der Waals surface area contributed by atoms with Crippen molar-refractivity contribution >= 4 is 11.8 Å². The van der Waals surface area contributed by atoms with Crippen LogP contribution in [0.2, 0.25) is 0 Å². The number of ether oxygens (including phenoxy) is 2. The molecule has 0 N–H and O–H groups in total. The number of rotatable bonds is 6. The first-order valence-electron chi connectivity index (χ1n) is 12.5. The molecule has 2 aliphatic heterocycles. The van der Waals surface area contributed by atoms with Crippen molar-refractivity contribution < 1.29 is 19.1 Å². The van der Waals surface area contributed by atoms with Crippen molar-refractivity contribution in [2.45, 2.75) is 31.4 Å². The Labute approximate surface area is 211 Å². The lowest BCUT2D eigenvalue weighted by Gasteiger charge is -2.41. The summed E-state index contributed by atoms with van der Waals surface area (Å²) < 4.78 is 11.7. The number of carbonyl (C=O) groups is 2. The standard InChI is InChI=1S/C29H31N3O4/c1-31(28(33)23-11-7-8-16-30-23)24(19-21-9-3-2-4-10-21)22-14-17-32(18-15-22)29(34)27-20-35-25-12-5-6-13-26(25)36-27/h2-13,16,22,24,27H,14-15,17-20H2,1H3/t24-,27-/m1/s1. The summed E-state index contributed by atoms with van der Waals surface area (Å²) in [6.45, 7) is 1.47. The Morgan fingerprint density at radius 2 is 1.67 bits per heavy atom. The van der Waals surface area contributed by atoms with Gasteiger partial charge in [0, 0.05) is 32.4 Å². The van der Waals surface area contributed by atoms with Crippen LogP contribution in [-0.4, -0.2) is 65.5 Å². The molecule has 2 amide bonds. The van der Waals surface area contributed by atoms with Crippen molar-refractivity contribution in [1.29, 1.82) is 0 Å². The number of amides is 2. The van der Waals surface area contributed by atoms with E-state index in [9.17, 15) is 9.59 Å². The Kier molecular flexibility index (Phi) is 7.16. The number of hydrogen-bond donors (Lipinski definition) is 0. The number of piperidine rings is 1. The molecule has 0 radical (unpaired) electrons. The molecular formula is C29H31N3O4. The number of nitrogens with zero attached hydrogens (tertiary/aromatic N) is 3. The third kappa shape index (κ3) is 5.20. The van der Waals surface area contributed by atoms with Crippen LogP contribution in [0, 0.1) is 5.92 Å². The Balaban J connectivity index is 1.26. The van der Waals surface area contributed by atoms with E-state index in [2.05, 4.69) is 17.1 Å². The highest BCUT2D eigenvalue weighted by Gasteiger charge is 2.36. The number of para-hydroxylation sites is 2. The summed E-state index contributed by atoms with van der Waals surface area (Å²) in [5, 5.41) is 0. The van der Waals surface area contributed by atoms with Gasteiger partial charge in [0.25, 0.3) is 11.8 Å². The van der Waals surface area contributed by atoms with E-state index in [1.807, 2.05) is 71.4 Å². The molecule has 2 aliphatic rings. The van der Waals surface area contributed by atoms with Gasteiger partial charge in [0.2, 0.25) is 6.10 Å². The van der Waals surface area contributed by atoms with E-state index in [4.69, 9.17) is 9.47 Å². The largest absolute Gasteiger partial charge is 0.485 e. The Hall–Kier alpha value is -3.87. The van der Waals surface area contributed by atoms with Crippen LogP contribution >= 0.6 is 0 Å². The zero-order valence-electron chi connectivity index (χ0n) is 20.5. The predicted molar refractivity (Wildman–Crippen MR) is 136 cm³/mol. The van der Waals surface area contributed by atoms with Crippen LogP contribution in [0.3, 0.4) is 0 Å². The lowest BCUT2D eigenvalue weighted by molar-refractivity contribution is -0.142. The maximum atomic E-state index is 13.3. The first-order chi connectivity index (χ1) is 17.6. The summed E-state index contributed by atoms with van der Waals surface area (Å²) in [6, 6.07) is 23.1. The van der Waals surface area contributed by atoms with E-state index in [0.29, 0.717) is 30.3 Å². The van der Waals surface area contributed by atoms with Gasteiger partial charge in [0.1, 0.15) is 12.3 Å². The summed E-state index contributed by atoms with van der Waals surface area (Å²) in [6.07, 6.45) is 3.39. The Bertz CT molecular complexity index is 1180. The number of pyridine rings is 1. The van der Waals surface area contributed by atoms with Crippen molar-refractivity contribution in [1.82, 2.24) is 14.8 Å². The quantitative estimate of drug-likeness (QED) is 0.531. The van der Waals surface area contributed by atoms with Gasteiger partial charge in [0.15, 0.2) is 11.5 Å². The zero-order valence-corrected chi connectivity index (χ0v) is 20.5. The molecule has 1 aromatic heterocycles. The van der Waals surface area contributed by atoms with Gasteiger partial charge < -0.3 is 19.3 Å². The molecule has 0 saturated carbocycles. The van der Waals surface area contributed by atoms with E-state index in [-0.39, 0.29) is 30.4 Å². The summed E-state index contributed by atoms with van der Waals surface area (Å²) in [5.41, 5.74) is 1.63. The zero-order chi connectivity index (χ0) is 24.9. The molecule has 36 heavy (non-hydrogen) atoms. The molecule has 1 saturated heterocycles. The minimum atomic E-state index is -0.634. The molecule has 3 aromatic rings. The lowest BCUT2D eigenvalue weighted by Crippen LogP contribution is -2.52. The third-order valence-corrected chi connectivity index (χ3v) is 7.17. The summed E-state index contributed by atoms with van der Waals surface area (Å²) >= 11 is 0. The topological polar surface area (TPSA) is 72.0 Å². The van der Waals surface area contributed by atoms with Gasteiger partial charge in [-0.3, -0.25) is 14.6 Å². The van der Waals surface area contributed by atoms with E-state index < -0.39 is 6.10 Å². The average molecular weight is 486 g/mol. The first kappa shape index (κ1) is 23.9. The van der Waals surface area contributed by atoms with Crippen molar-refractivity contribution in [3.63, 3.8) is 0 Å². The molecule has 2 atom stereocenters. The Morgan fingerprint density at radius 3 is 2.39 bits per heavy atom. The van der Waals surface area contributed by atoms with Gasteiger partial charge in [0.05, 0.1) is 0 Å². The van der Waals surface area contributed by atoms with E-state index >= 15 is 0 Å². The monoisotopic (exact) mass is 485 g/mol. The molecule has 0 unspecified atom stereocenters. The van der Waals surface area contributed by atoms with Crippen LogP contribution in [0.15, 0.2) is 79.0 Å². The maximum absolute atomic E-state index is 13.3. The van der Waals surface area contributed by atoms with Crippen LogP contribution in [0.1, 0.15) is 28.9 Å². The minimum absolute atomic E-state index is 0.000277. The Morgan fingerprint density at radius 1 is 0.972 bits per heavy atom. The van der Waals surface area contributed by atoms with Crippen LogP contribution in [-0.2, 0) is 11.2 Å². The average Bonchev–Trinajstić information content (AvgIpc) is 2.95. The number of benzene rings is 2. The number of likely N-dealkylation sites (tertiary alicyclic amines) is 1. The fourth-order valence-electron chi connectivity index (χ4n) is 5.15. The molecule has 7 nitrogen and oxygen atoms in total. The third-order valence-electron chi connectivity index (χ3n) is 7.17. The highest BCUT2D eigenvalue weighted by atomic mass is 16.6. The molecular weight excluding hydrogens is 454 g/mol. The molecule has 186 valence electrons. The predicted octanol–water partition coefficient (Wildman–Crippen LogP) is 3.84. The van der Waals surface area contributed by atoms with Gasteiger partial charge in [-0.25, -0.2) is 0 Å². The van der Waals surface area contributed by atoms with Gasteiger partial charge in [-0.05, 0) is 55.0 Å². The van der Waals surface area contributed by atoms with E-state index in [0.717, 1.165) is 19.3 Å². The fraction of sp³-hybridized carbons (Fsp3) is 0.345. The van der Waals surface area contributed by atoms with E-state index in [1.165, 1.54) is 5.56 Å². The fourth-order valence-corrected chi connectivity index (χ4v) is 5.15. The molecule has 0 spiro atoms. The highest BCUT2D eigenvalue weighted by molar-refractivity contribution is 5.92. The molecule has 2 aromatic carbocycles. The van der Waals surface area contributed by atoms with Crippen molar-refractivity contribution in [2.24, 2.45) is 5.92 Å². The number of likely N-dealkylation sites (N-methyl/N-ethyl adjacent to an activating group) is 1. The summed E-state index contributed by atoms with van der Waals surface area (Å²) in [5.74, 6) is 1.41. The molecule has 0 aliphatic carbocycles. The van der Waals surface area contributed by atoms with Gasteiger partial charge in [-0.1, -0.05) is 48.5 Å². The second kappa shape index (κ2) is 10.8. The minimum Gasteiger partial charge on any atom is -0.485 e. The van der Waals surface area contributed by atoms with Crippen LogP contribution in [0.5, 0.6) is 11.5 Å². The van der Waals surface area contributed by atoms with Crippen LogP contribution in [0.25, 0.3) is 0 Å². The van der Waals surface area contributed by atoms with Gasteiger partial charge in [-0.2, -0.15) is 0 Å². The van der Waals surface area contributed by atoms with Crippen LogP contribution < -0.4 is 9.47 Å². The normalized spacial score (nSPS) is 18.4. The molecule has 7 heteroatoms. The molecule has 1 fully saturated rings. The second-order valence-electron chi connectivity index (χ2n) is 9.42. The number of hydrogen-bond acceptors (Lipinski definition) is 5. The van der Waals surface area contributed by atoms with Gasteiger partial charge in [-0.15, -0.1) is 0 Å². The lowest BCUT2D eigenvalue weighted by atomic mass is 9.84. The van der Waals surface area contributed by atoms with Gasteiger partial charge >= 0.3 is 0 Å². The summed E-state index contributed by atoms with van der Waals surface area (Å²) in [7, 11) is 1.87. The second-order valence-corrected chi connectivity index (χ2v) is 9.42. The highest BCUT2D eigenvalue weighted by Crippen LogP contribution is 2.32. The molecule has 5 rings (SSSR count). The number of carbonyl (C=O) groups excluding carboxylic acids is 2. The SMILES string of the molecule is CN(C(=O)c1ccccn1)[C@H](Cc1ccccc1)C1CCN(C(=O)[C@H]2COc3ccccc3O2)CC1. The van der Waals surface area contributed by atoms with Crippen molar-refractivity contribution in [3.8, 4) is 11.5 Å². The molecule has 3 heterocycles. The number of fused-ring (bicyclic) bond motifs is 1. The number of aromatic nitrogens is 1. The first-order valence-corrected chi connectivity index (χ1v) is 12.5. The smallest absolute Gasteiger partial charge is 0.272 e. The molecule has 0 bridgehead atoms. The van der Waals surface area contributed by atoms with Crippen LogP contribution in [0.4, 0.5) is 0 Å². The summed E-state index contributed by atoms with van der Waals surface area (Å²) in [4.78, 5) is 34.5. The van der Waals surface area contributed by atoms with Crippen molar-refractivity contribution in [3.05, 3.63) is 90.3 Å². The van der Waals surface area contributed by atoms with E-state index in [1.54, 1.807) is 12.3 Å². The maximum Gasteiger partial charge on any atom is 0.272 e. The van der Waals surface area contributed by atoms with Crippen molar-refractivity contribution in [2.75, 3.05) is 26.7 Å².